The lowest BCUT2D eigenvalue weighted by Gasteiger charge is -2.32. The molecule has 0 bridgehead atoms. The molecule has 0 aromatic heterocycles. The summed E-state index contributed by atoms with van der Waals surface area (Å²) in [5, 5.41) is 12.1. The van der Waals surface area contributed by atoms with E-state index in [0.717, 1.165) is 25.7 Å². The van der Waals surface area contributed by atoms with Crippen LogP contribution in [0.1, 0.15) is 44.9 Å². The van der Waals surface area contributed by atoms with E-state index in [9.17, 15) is 14.7 Å². The zero-order chi connectivity index (χ0) is 14.8. The Balaban J connectivity index is 2.28. The second-order valence-electron chi connectivity index (χ2n) is 5.36. The average molecular weight is 283 g/mol. The van der Waals surface area contributed by atoms with Crippen LogP contribution in [0.3, 0.4) is 0 Å². The monoisotopic (exact) mass is 283 g/mol. The molecule has 1 amide bonds. The highest BCUT2D eigenvalue weighted by molar-refractivity contribution is 5.85. The maximum Gasteiger partial charge on any atom is 0.310 e. The van der Waals surface area contributed by atoms with Gasteiger partial charge in [0.05, 0.1) is 18.6 Å². The molecule has 0 radical (unpaired) electrons. The molecule has 0 spiro atoms. The predicted octanol–water partition coefficient (Wildman–Crippen LogP) is 2.12. The van der Waals surface area contributed by atoms with Crippen LogP contribution < -0.4 is 5.32 Å². The van der Waals surface area contributed by atoms with Gasteiger partial charge in [-0.1, -0.05) is 25.3 Å². The van der Waals surface area contributed by atoms with Gasteiger partial charge < -0.3 is 15.2 Å². The van der Waals surface area contributed by atoms with Gasteiger partial charge in [0.2, 0.25) is 5.91 Å². The van der Waals surface area contributed by atoms with Gasteiger partial charge in [-0.2, -0.15) is 0 Å². The third-order valence-electron chi connectivity index (χ3n) is 3.80. The molecular weight excluding hydrogens is 258 g/mol. The Morgan fingerprint density at radius 3 is 2.55 bits per heavy atom. The molecule has 0 aromatic rings. The predicted molar refractivity (Wildman–Crippen MR) is 76.4 cm³/mol. The van der Waals surface area contributed by atoms with Crippen LogP contribution in [-0.2, 0) is 14.3 Å². The molecule has 1 aliphatic rings. The zero-order valence-corrected chi connectivity index (χ0v) is 12.0. The van der Waals surface area contributed by atoms with Gasteiger partial charge >= 0.3 is 5.97 Å². The Bertz CT molecular complexity index is 335. The molecule has 1 saturated carbocycles. The average Bonchev–Trinajstić information content (AvgIpc) is 2.43. The third kappa shape index (κ3) is 5.33. The molecule has 1 aliphatic carbocycles. The molecule has 0 saturated heterocycles. The van der Waals surface area contributed by atoms with Crippen molar-refractivity contribution in [1.29, 1.82) is 0 Å². The second-order valence-corrected chi connectivity index (χ2v) is 5.36. The summed E-state index contributed by atoms with van der Waals surface area (Å²) in [6, 6.07) is 0. The van der Waals surface area contributed by atoms with E-state index in [-0.39, 0.29) is 12.3 Å². The summed E-state index contributed by atoms with van der Waals surface area (Å²) in [6.07, 6.45) is 6.70. The summed E-state index contributed by atoms with van der Waals surface area (Å²) in [4.78, 5) is 23.3. The summed E-state index contributed by atoms with van der Waals surface area (Å²) in [7, 11) is 0. The lowest BCUT2D eigenvalue weighted by molar-refractivity contribution is -0.154. The van der Waals surface area contributed by atoms with E-state index in [2.05, 4.69) is 11.9 Å². The van der Waals surface area contributed by atoms with Crippen molar-refractivity contribution in [3.8, 4) is 0 Å². The van der Waals surface area contributed by atoms with Gasteiger partial charge in [0, 0.05) is 13.0 Å². The summed E-state index contributed by atoms with van der Waals surface area (Å²) >= 11 is 0. The standard InChI is InChI=1S/C15H25NO4/c1-2-3-10-20-11-9-16-13(17)12-15(14(18)19)7-5-4-6-8-15/h2H,1,3-12H2,(H,16,17)(H,18,19). The maximum atomic E-state index is 11.9. The quantitative estimate of drug-likeness (QED) is 0.502. The summed E-state index contributed by atoms with van der Waals surface area (Å²) in [6.45, 7) is 5.05. The molecule has 2 N–H and O–H groups in total. The van der Waals surface area contributed by atoms with Crippen LogP contribution in [0.25, 0.3) is 0 Å². The minimum absolute atomic E-state index is 0.0784. The van der Waals surface area contributed by atoms with Gasteiger partial charge in [0.25, 0.3) is 0 Å². The maximum absolute atomic E-state index is 11.9. The van der Waals surface area contributed by atoms with Crippen molar-refractivity contribution in [1.82, 2.24) is 5.32 Å². The van der Waals surface area contributed by atoms with Gasteiger partial charge in [-0.15, -0.1) is 6.58 Å². The Morgan fingerprint density at radius 1 is 1.25 bits per heavy atom. The SMILES string of the molecule is C=CCCOCCNC(=O)CC1(C(=O)O)CCCCC1. The molecule has 0 atom stereocenters. The van der Waals surface area contributed by atoms with E-state index < -0.39 is 11.4 Å². The van der Waals surface area contributed by atoms with Crippen molar-refractivity contribution in [2.45, 2.75) is 44.9 Å². The van der Waals surface area contributed by atoms with Crippen LogP contribution in [-0.4, -0.2) is 36.7 Å². The number of aliphatic carboxylic acids is 1. The zero-order valence-electron chi connectivity index (χ0n) is 12.0. The highest BCUT2D eigenvalue weighted by Crippen LogP contribution is 2.39. The second kappa shape index (κ2) is 8.74. The van der Waals surface area contributed by atoms with E-state index in [1.807, 2.05) is 0 Å². The van der Waals surface area contributed by atoms with Crippen LogP contribution in [0.4, 0.5) is 0 Å². The van der Waals surface area contributed by atoms with Gasteiger partial charge in [-0.25, -0.2) is 0 Å². The van der Waals surface area contributed by atoms with Gasteiger partial charge in [-0.3, -0.25) is 9.59 Å². The highest BCUT2D eigenvalue weighted by Gasteiger charge is 2.41. The van der Waals surface area contributed by atoms with Crippen molar-refractivity contribution in [3.63, 3.8) is 0 Å². The molecule has 1 rings (SSSR count). The minimum atomic E-state index is -0.855. The van der Waals surface area contributed by atoms with E-state index in [0.29, 0.717) is 32.6 Å². The van der Waals surface area contributed by atoms with E-state index in [1.54, 1.807) is 6.08 Å². The molecule has 5 heteroatoms. The number of carboxylic acids is 1. The summed E-state index contributed by atoms with van der Waals surface area (Å²) < 4.78 is 5.28. The number of carbonyl (C=O) groups is 2. The first kappa shape index (κ1) is 16.7. The number of hydrogen-bond donors (Lipinski definition) is 2. The number of hydrogen-bond acceptors (Lipinski definition) is 3. The first-order valence-corrected chi connectivity index (χ1v) is 7.29. The van der Waals surface area contributed by atoms with Crippen LogP contribution in [0, 0.1) is 5.41 Å². The van der Waals surface area contributed by atoms with Gasteiger partial charge in [0.15, 0.2) is 0 Å². The van der Waals surface area contributed by atoms with Crippen molar-refractivity contribution < 1.29 is 19.4 Å². The minimum Gasteiger partial charge on any atom is -0.481 e. The molecule has 1 fully saturated rings. The molecule has 114 valence electrons. The number of ether oxygens (including phenoxy) is 1. The highest BCUT2D eigenvalue weighted by atomic mass is 16.5. The Kier molecular flexibility index (Phi) is 7.30. The summed E-state index contributed by atoms with van der Waals surface area (Å²) in [5.41, 5.74) is -0.855. The molecule has 0 unspecified atom stereocenters. The number of amides is 1. The molecular formula is C15H25NO4. The fourth-order valence-corrected chi connectivity index (χ4v) is 2.60. The molecule has 20 heavy (non-hydrogen) atoms. The largest absolute Gasteiger partial charge is 0.481 e. The number of carbonyl (C=O) groups excluding carboxylic acids is 1. The number of nitrogens with one attached hydrogen (secondary N) is 1. The Morgan fingerprint density at radius 2 is 1.95 bits per heavy atom. The van der Waals surface area contributed by atoms with Crippen molar-refractivity contribution >= 4 is 11.9 Å². The lowest BCUT2D eigenvalue weighted by Crippen LogP contribution is -2.39. The normalized spacial score (nSPS) is 17.4. The topological polar surface area (TPSA) is 75.6 Å². The van der Waals surface area contributed by atoms with E-state index >= 15 is 0 Å². The van der Waals surface area contributed by atoms with Crippen molar-refractivity contribution in [2.75, 3.05) is 19.8 Å². The third-order valence-corrected chi connectivity index (χ3v) is 3.80. The molecule has 0 aromatic carbocycles. The van der Waals surface area contributed by atoms with Crippen LogP contribution >= 0.6 is 0 Å². The van der Waals surface area contributed by atoms with Gasteiger partial charge in [-0.05, 0) is 19.3 Å². The number of carboxylic acid groups (broad SMARTS) is 1. The molecule has 5 nitrogen and oxygen atoms in total. The molecule has 0 heterocycles. The Hall–Kier alpha value is -1.36. The van der Waals surface area contributed by atoms with E-state index in [1.165, 1.54) is 0 Å². The fraction of sp³-hybridized carbons (Fsp3) is 0.733. The molecule has 0 aliphatic heterocycles. The lowest BCUT2D eigenvalue weighted by atomic mass is 9.71. The van der Waals surface area contributed by atoms with Crippen LogP contribution in [0.5, 0.6) is 0 Å². The smallest absolute Gasteiger partial charge is 0.310 e. The van der Waals surface area contributed by atoms with Crippen molar-refractivity contribution in [3.05, 3.63) is 12.7 Å². The van der Waals surface area contributed by atoms with Gasteiger partial charge in [0.1, 0.15) is 0 Å². The van der Waals surface area contributed by atoms with Crippen molar-refractivity contribution in [2.24, 2.45) is 5.41 Å². The summed E-state index contributed by atoms with van der Waals surface area (Å²) in [5.74, 6) is -1.03. The van der Waals surface area contributed by atoms with E-state index in [4.69, 9.17) is 4.74 Å². The first-order valence-electron chi connectivity index (χ1n) is 7.29. The van der Waals surface area contributed by atoms with Crippen LogP contribution in [0.15, 0.2) is 12.7 Å². The Labute approximate surface area is 120 Å². The number of rotatable bonds is 9. The van der Waals surface area contributed by atoms with Crippen LogP contribution in [0.2, 0.25) is 0 Å². The fourth-order valence-electron chi connectivity index (χ4n) is 2.60. The first-order chi connectivity index (χ1) is 9.60.